The Balaban J connectivity index is 0.924. The molecule has 9 rings (SSSR count). The quantitative estimate of drug-likeness (QED) is 0.0529. The Kier molecular flexibility index (Phi) is 11.8. The number of carbonyl (C=O) groups is 2. The number of aromatic nitrogens is 2. The molecule has 0 fully saturated rings. The fourth-order valence-electron chi connectivity index (χ4n) is 8.21. The van der Waals surface area contributed by atoms with Crippen LogP contribution in [-0.2, 0) is 37.4 Å². The van der Waals surface area contributed by atoms with Gasteiger partial charge in [-0.05, 0) is 82.6 Å². The van der Waals surface area contributed by atoms with E-state index in [1.165, 1.54) is 24.3 Å². The molecule has 1 amide bonds. The maximum absolute atomic E-state index is 14.0. The molecule has 0 bridgehead atoms. The smallest absolute Gasteiger partial charge is 0.298 e. The zero-order chi connectivity index (χ0) is 43.6. The van der Waals surface area contributed by atoms with Gasteiger partial charge in [-0.2, -0.15) is 5.10 Å². The number of ether oxygens (including phenoxy) is 1. The number of aromatic hydroxyl groups is 1. The molecule has 6 aromatic rings. The molecular weight excluding hydrogens is 860 g/mol. The van der Waals surface area contributed by atoms with Gasteiger partial charge in [0.2, 0.25) is 0 Å². The largest absolute Gasteiger partial charge is 0.508 e. The first kappa shape index (κ1) is 41.6. The number of rotatable bonds is 12. The highest BCUT2D eigenvalue weighted by molar-refractivity contribution is 7.80. The Morgan fingerprint density at radius 3 is 2.60 bits per heavy atom. The fourth-order valence-corrected chi connectivity index (χ4v) is 8.75. The average Bonchev–Trinajstić information content (AvgIpc) is 3.63. The molecule has 3 heterocycles. The van der Waals surface area contributed by atoms with Crippen LogP contribution in [0.4, 0.5) is 5.69 Å². The topological polar surface area (TPSA) is 151 Å². The number of nitrogens with one attached hydrogen (secondary N) is 3. The Morgan fingerprint density at radius 2 is 1.75 bits per heavy atom. The van der Waals surface area contributed by atoms with Crippen molar-refractivity contribution in [3.8, 4) is 33.9 Å². The maximum Gasteiger partial charge on any atom is 0.298 e. The molecule has 0 saturated carbocycles. The lowest BCUT2D eigenvalue weighted by Crippen LogP contribution is -2.33. The minimum atomic E-state index is -0.254. The lowest BCUT2D eigenvalue weighted by molar-refractivity contribution is -0.120. The molecule has 4 N–H and O–H groups in total. The summed E-state index contributed by atoms with van der Waals surface area (Å²) in [5.74, 6) is 0.283. The summed E-state index contributed by atoms with van der Waals surface area (Å²) in [4.78, 5) is 40.3. The van der Waals surface area contributed by atoms with Crippen LogP contribution < -0.4 is 26.1 Å². The van der Waals surface area contributed by atoms with Crippen molar-refractivity contribution in [3.63, 3.8) is 0 Å². The molecule has 5 aromatic carbocycles. The van der Waals surface area contributed by atoms with Gasteiger partial charge in [0.1, 0.15) is 22.8 Å². The van der Waals surface area contributed by atoms with Crippen LogP contribution >= 0.6 is 35.4 Å². The summed E-state index contributed by atoms with van der Waals surface area (Å²) in [5, 5.41) is 28.7. The lowest BCUT2D eigenvalue weighted by atomic mass is 9.93. The number of nitrogens with zero attached hydrogens (tertiary/aromatic N) is 3. The van der Waals surface area contributed by atoms with Crippen molar-refractivity contribution in [1.29, 1.82) is 0 Å². The van der Waals surface area contributed by atoms with Crippen LogP contribution in [0.5, 0.6) is 11.5 Å². The standard InChI is InChI=1S/C48H38Cl2N6O6S/c49-39-15-8-28(20-40(39)50)25-55-18-16-41-38(26-55)46(47(60)52-24-30-6-3-5-29-4-1-2-7-34(29)30)54-56(41)19-17-51-48(63)53-31-9-12-35(42(21-31)61-27-57)45-36-13-10-32(58)22-43(36)62-44-23-33(59)11-14-37(44)45/h1-15,20-23,27,58H,16-19,24-26H2,(H,52,60)(H2,51,53,63). The van der Waals surface area contributed by atoms with E-state index in [1.54, 1.807) is 36.4 Å². The minimum Gasteiger partial charge on any atom is -0.508 e. The van der Waals surface area contributed by atoms with Crippen molar-refractivity contribution in [2.75, 3.05) is 18.4 Å². The second kappa shape index (κ2) is 17.9. The Labute approximate surface area is 376 Å². The number of phenols is 1. The molecule has 15 heteroatoms. The molecule has 12 nitrogen and oxygen atoms in total. The van der Waals surface area contributed by atoms with Crippen LogP contribution in [0.2, 0.25) is 10.0 Å². The number of halogens is 2. The van der Waals surface area contributed by atoms with Crippen molar-refractivity contribution < 1.29 is 23.8 Å². The van der Waals surface area contributed by atoms with Gasteiger partial charge >= 0.3 is 0 Å². The Morgan fingerprint density at radius 1 is 0.905 bits per heavy atom. The molecular formula is C48H38Cl2N6O6S. The van der Waals surface area contributed by atoms with E-state index in [9.17, 15) is 19.5 Å². The molecule has 0 unspecified atom stereocenters. The zero-order valence-electron chi connectivity index (χ0n) is 33.5. The van der Waals surface area contributed by atoms with Gasteiger partial charge in [-0.15, -0.1) is 0 Å². The highest BCUT2D eigenvalue weighted by atomic mass is 35.5. The van der Waals surface area contributed by atoms with E-state index >= 15 is 0 Å². The Bertz CT molecular complexity index is 3110. The SMILES string of the molecule is O=COc1cc(NC(=S)NCCn2nc(C(=O)NCc3cccc4ccccc34)c3c2CCN(Cc2ccc(Cl)c(Cl)c2)C3)ccc1-c1c2ccc(=O)cc-2oc2cc(O)ccc12. The van der Waals surface area contributed by atoms with Crippen molar-refractivity contribution >= 4 is 80.3 Å². The van der Waals surface area contributed by atoms with Gasteiger partial charge in [-0.3, -0.25) is 24.0 Å². The summed E-state index contributed by atoms with van der Waals surface area (Å²) in [6, 6.07) is 34.2. The van der Waals surface area contributed by atoms with Crippen molar-refractivity contribution in [1.82, 2.24) is 25.3 Å². The first-order valence-electron chi connectivity index (χ1n) is 20.1. The van der Waals surface area contributed by atoms with Crippen LogP contribution in [0.3, 0.4) is 0 Å². The lowest BCUT2D eigenvalue weighted by Gasteiger charge is -2.28. The summed E-state index contributed by atoms with van der Waals surface area (Å²) in [7, 11) is 0. The van der Waals surface area contributed by atoms with E-state index < -0.39 is 0 Å². The fraction of sp³-hybridized carbons (Fsp3) is 0.146. The minimum absolute atomic E-state index is 0.00568. The van der Waals surface area contributed by atoms with Gasteiger partial charge in [-0.1, -0.05) is 71.7 Å². The number of phenolic OH excluding ortho intramolecular Hbond substituents is 1. The van der Waals surface area contributed by atoms with Gasteiger partial charge in [0, 0.05) is 96.4 Å². The highest BCUT2D eigenvalue weighted by Gasteiger charge is 2.29. The monoisotopic (exact) mass is 896 g/mol. The van der Waals surface area contributed by atoms with Crippen LogP contribution in [0.25, 0.3) is 44.2 Å². The molecule has 0 spiro atoms. The molecule has 1 aliphatic carbocycles. The molecule has 0 saturated heterocycles. The number of benzene rings is 6. The summed E-state index contributed by atoms with van der Waals surface area (Å²) in [6.07, 6.45) is 0.675. The van der Waals surface area contributed by atoms with Crippen molar-refractivity contribution in [2.45, 2.75) is 32.6 Å². The second-order valence-corrected chi connectivity index (χ2v) is 16.4. The first-order chi connectivity index (χ1) is 30.6. The molecule has 3 aliphatic rings. The van der Waals surface area contributed by atoms with E-state index in [0.717, 1.165) is 39.7 Å². The number of hydrogen-bond donors (Lipinski definition) is 4. The highest BCUT2D eigenvalue weighted by Crippen LogP contribution is 2.44. The molecule has 0 radical (unpaired) electrons. The predicted molar refractivity (Wildman–Crippen MR) is 249 cm³/mol. The van der Waals surface area contributed by atoms with Gasteiger partial charge in [-0.25, -0.2) is 0 Å². The molecule has 1 aromatic heterocycles. The molecule has 2 aliphatic heterocycles. The Hall–Kier alpha value is -6.77. The van der Waals surface area contributed by atoms with Crippen LogP contribution in [0.15, 0.2) is 124 Å². The third kappa shape index (κ3) is 8.82. The molecule has 0 atom stereocenters. The molecule has 316 valence electrons. The van der Waals surface area contributed by atoms with E-state index in [4.69, 9.17) is 49.7 Å². The van der Waals surface area contributed by atoms with E-state index in [-0.39, 0.29) is 22.8 Å². The second-order valence-electron chi connectivity index (χ2n) is 15.1. The van der Waals surface area contributed by atoms with Gasteiger partial charge in [0.05, 0.1) is 16.6 Å². The number of carbonyl (C=O) groups excluding carboxylic acids is 2. The number of thiocarbonyl (C=S) groups is 1. The predicted octanol–water partition coefficient (Wildman–Crippen LogP) is 8.94. The van der Waals surface area contributed by atoms with Crippen LogP contribution in [-0.4, -0.2) is 50.4 Å². The number of fused-ring (bicyclic) bond motifs is 4. The normalized spacial score (nSPS) is 12.6. The summed E-state index contributed by atoms with van der Waals surface area (Å²) < 4.78 is 13.4. The summed E-state index contributed by atoms with van der Waals surface area (Å²) >= 11 is 18.2. The van der Waals surface area contributed by atoms with E-state index in [2.05, 4.69) is 39.0 Å². The maximum atomic E-state index is 14.0. The average molecular weight is 898 g/mol. The number of anilines is 1. The number of hydrogen-bond acceptors (Lipinski definition) is 9. The molecule has 63 heavy (non-hydrogen) atoms. The summed E-state index contributed by atoms with van der Waals surface area (Å²) in [6.45, 7) is 3.39. The van der Waals surface area contributed by atoms with Crippen LogP contribution in [0, 0.1) is 0 Å². The zero-order valence-corrected chi connectivity index (χ0v) is 35.8. The van der Waals surface area contributed by atoms with Crippen LogP contribution in [0.1, 0.15) is 32.9 Å². The third-order valence-corrected chi connectivity index (χ3v) is 12.1. The van der Waals surface area contributed by atoms with Gasteiger partial charge < -0.3 is 30.2 Å². The van der Waals surface area contributed by atoms with Crippen molar-refractivity contribution in [2.24, 2.45) is 0 Å². The van der Waals surface area contributed by atoms with Crippen molar-refractivity contribution in [3.05, 3.63) is 164 Å². The third-order valence-electron chi connectivity index (χ3n) is 11.1. The van der Waals surface area contributed by atoms with Gasteiger partial charge in [0.25, 0.3) is 12.4 Å². The number of amides is 1. The first-order valence-corrected chi connectivity index (χ1v) is 21.3. The van der Waals surface area contributed by atoms with E-state index in [0.29, 0.717) is 106 Å². The van der Waals surface area contributed by atoms with Gasteiger partial charge in [0.15, 0.2) is 16.2 Å². The summed E-state index contributed by atoms with van der Waals surface area (Å²) in [5.41, 5.74) is 6.74. The van der Waals surface area contributed by atoms with E-state index in [1.807, 2.05) is 41.1 Å².